The first kappa shape index (κ1) is 10.5. The molecule has 0 aliphatic heterocycles. The largest absolute Gasteiger partial charge is 0.507 e. The van der Waals surface area contributed by atoms with E-state index in [1.807, 2.05) is 0 Å². The fourth-order valence-electron chi connectivity index (χ4n) is 1.05. The van der Waals surface area contributed by atoms with Crippen LogP contribution in [0.4, 0.5) is 0 Å². The number of hydrogen-bond acceptors (Lipinski definition) is 4. The van der Waals surface area contributed by atoms with Crippen molar-refractivity contribution in [1.82, 2.24) is 0 Å². The summed E-state index contributed by atoms with van der Waals surface area (Å²) >= 11 is 0. The Morgan fingerprint density at radius 3 is 2.57 bits per heavy atom. The van der Waals surface area contributed by atoms with E-state index in [-0.39, 0.29) is 6.42 Å². The molecule has 76 valence electrons. The van der Waals surface area contributed by atoms with Crippen LogP contribution in [-0.4, -0.2) is 32.2 Å². The Kier molecular flexibility index (Phi) is 2.73. The molecule has 4 N–H and O–H groups in total. The van der Waals surface area contributed by atoms with Crippen molar-refractivity contribution in [3.8, 4) is 0 Å². The van der Waals surface area contributed by atoms with E-state index in [2.05, 4.69) is 0 Å². The Hall–Kier alpha value is -1.59. The molecule has 0 atom stereocenters. The lowest BCUT2D eigenvalue weighted by Gasteiger charge is -2.23. The molecule has 0 saturated carbocycles. The van der Waals surface area contributed by atoms with Crippen LogP contribution in [0.2, 0.25) is 0 Å². The Bertz CT molecular complexity index is 335. The van der Waals surface area contributed by atoms with Gasteiger partial charge in [0.2, 0.25) is 5.79 Å². The lowest BCUT2D eigenvalue weighted by Crippen LogP contribution is -2.32. The quantitative estimate of drug-likeness (QED) is 0.372. The van der Waals surface area contributed by atoms with Gasteiger partial charge in [-0.1, -0.05) is 12.2 Å². The number of carboxylic acid groups (broad SMARTS) is 1. The normalized spacial score (nSPS) is 20.4. The highest BCUT2D eigenvalue weighted by Gasteiger charge is 2.31. The molecule has 5 nitrogen and oxygen atoms in total. The van der Waals surface area contributed by atoms with Crippen LogP contribution < -0.4 is 0 Å². The van der Waals surface area contributed by atoms with E-state index in [0.717, 1.165) is 12.2 Å². The predicted octanol–water partition coefficient (Wildman–Crippen LogP) is 0.0801. The zero-order valence-corrected chi connectivity index (χ0v) is 7.21. The molecular formula is C9H10O5. The van der Waals surface area contributed by atoms with Crippen molar-refractivity contribution in [2.75, 3.05) is 0 Å². The Morgan fingerprint density at radius 2 is 2.07 bits per heavy atom. The maximum Gasteiger partial charge on any atom is 0.328 e. The molecule has 1 aliphatic carbocycles. The van der Waals surface area contributed by atoms with Crippen molar-refractivity contribution < 1.29 is 25.2 Å². The van der Waals surface area contributed by atoms with Crippen LogP contribution >= 0.6 is 0 Å². The summed E-state index contributed by atoms with van der Waals surface area (Å²) < 4.78 is 0. The number of aliphatic carboxylic acids is 1. The van der Waals surface area contributed by atoms with Gasteiger partial charge in [0, 0.05) is 12.5 Å². The highest BCUT2D eigenvalue weighted by atomic mass is 16.5. The zero-order chi connectivity index (χ0) is 10.8. The number of carboxylic acids is 1. The second-order valence-corrected chi connectivity index (χ2v) is 2.96. The first-order valence-electron chi connectivity index (χ1n) is 3.88. The summed E-state index contributed by atoms with van der Waals surface area (Å²) in [6, 6.07) is 0. The van der Waals surface area contributed by atoms with Gasteiger partial charge in [-0.15, -0.1) is 0 Å². The second-order valence-electron chi connectivity index (χ2n) is 2.96. The topological polar surface area (TPSA) is 98.0 Å². The average Bonchev–Trinajstić information content (AvgIpc) is 2.07. The first-order valence-corrected chi connectivity index (χ1v) is 3.88. The molecule has 0 radical (unpaired) electrons. The van der Waals surface area contributed by atoms with E-state index in [9.17, 15) is 15.0 Å². The molecule has 0 saturated heterocycles. The van der Waals surface area contributed by atoms with Crippen LogP contribution in [0, 0.1) is 0 Å². The number of aliphatic hydroxyl groups is 3. The molecule has 1 aliphatic rings. The van der Waals surface area contributed by atoms with Crippen LogP contribution in [0.3, 0.4) is 0 Å². The number of rotatable bonds is 2. The van der Waals surface area contributed by atoms with Gasteiger partial charge >= 0.3 is 5.97 Å². The monoisotopic (exact) mass is 198 g/mol. The van der Waals surface area contributed by atoms with E-state index in [4.69, 9.17) is 10.2 Å². The van der Waals surface area contributed by atoms with Gasteiger partial charge in [-0.25, -0.2) is 4.79 Å². The summed E-state index contributed by atoms with van der Waals surface area (Å²) in [4.78, 5) is 10.2. The van der Waals surface area contributed by atoms with Crippen LogP contribution in [-0.2, 0) is 4.79 Å². The van der Waals surface area contributed by atoms with Crippen molar-refractivity contribution in [2.24, 2.45) is 0 Å². The van der Waals surface area contributed by atoms with Crippen molar-refractivity contribution in [1.29, 1.82) is 0 Å². The predicted molar refractivity (Wildman–Crippen MR) is 47.4 cm³/mol. The number of carbonyl (C=O) groups is 1. The van der Waals surface area contributed by atoms with Gasteiger partial charge in [-0.3, -0.25) is 0 Å². The highest BCUT2D eigenvalue weighted by molar-refractivity contribution is 5.80. The smallest absolute Gasteiger partial charge is 0.328 e. The van der Waals surface area contributed by atoms with Crippen molar-refractivity contribution in [3.63, 3.8) is 0 Å². The molecule has 0 bridgehead atoms. The zero-order valence-electron chi connectivity index (χ0n) is 7.21. The maximum atomic E-state index is 10.2. The molecule has 0 aromatic heterocycles. The van der Waals surface area contributed by atoms with E-state index in [1.165, 1.54) is 12.2 Å². The lowest BCUT2D eigenvalue weighted by atomic mass is 9.97. The molecule has 0 amide bonds. The summed E-state index contributed by atoms with van der Waals surface area (Å²) in [6.07, 6.45) is 4.42. The van der Waals surface area contributed by atoms with Crippen molar-refractivity contribution in [3.05, 3.63) is 35.6 Å². The van der Waals surface area contributed by atoms with Gasteiger partial charge in [-0.05, 0) is 11.6 Å². The maximum absolute atomic E-state index is 10.2. The summed E-state index contributed by atoms with van der Waals surface area (Å²) in [5.74, 6) is -3.97. The van der Waals surface area contributed by atoms with Gasteiger partial charge in [0.1, 0.15) is 0 Å². The molecule has 14 heavy (non-hydrogen) atoms. The fourth-order valence-corrected chi connectivity index (χ4v) is 1.05. The summed E-state index contributed by atoms with van der Waals surface area (Å²) in [5, 5.41) is 35.7. The number of aliphatic hydroxyl groups excluding tert-OH is 1. The lowest BCUT2D eigenvalue weighted by molar-refractivity contribution is -0.150. The minimum absolute atomic E-state index is 0.237. The highest BCUT2D eigenvalue weighted by Crippen LogP contribution is 2.25. The van der Waals surface area contributed by atoms with Crippen molar-refractivity contribution in [2.45, 2.75) is 12.2 Å². The molecule has 0 spiro atoms. The Morgan fingerprint density at radius 1 is 1.43 bits per heavy atom. The first-order chi connectivity index (χ1) is 6.42. The van der Waals surface area contributed by atoms with Crippen LogP contribution in [0.5, 0.6) is 0 Å². The average molecular weight is 198 g/mol. The van der Waals surface area contributed by atoms with Crippen LogP contribution in [0.1, 0.15) is 6.42 Å². The van der Waals surface area contributed by atoms with E-state index in [1.54, 1.807) is 0 Å². The minimum atomic E-state index is -2.30. The second kappa shape index (κ2) is 3.65. The number of hydrogen-bond donors (Lipinski definition) is 4. The van der Waals surface area contributed by atoms with Crippen molar-refractivity contribution >= 4 is 5.97 Å². The Labute approximate surface area is 79.9 Å². The van der Waals surface area contributed by atoms with Crippen LogP contribution in [0.15, 0.2) is 35.6 Å². The molecular weight excluding hydrogens is 188 g/mol. The summed E-state index contributed by atoms with van der Waals surface area (Å²) in [6.45, 7) is 0. The molecule has 5 heteroatoms. The van der Waals surface area contributed by atoms with E-state index >= 15 is 0 Å². The van der Waals surface area contributed by atoms with Gasteiger partial charge in [0.15, 0.2) is 5.76 Å². The third kappa shape index (κ3) is 2.45. The minimum Gasteiger partial charge on any atom is -0.507 e. The molecule has 1 rings (SSSR count). The van der Waals surface area contributed by atoms with Gasteiger partial charge < -0.3 is 20.4 Å². The van der Waals surface area contributed by atoms with Gasteiger partial charge in [0.25, 0.3) is 0 Å². The standard InChI is InChI=1S/C9H10O5/c10-7-3-1-6(2-4-8(11)12)5-9(7,13)14/h1-4,10,13-14H,5H2,(H,11,12)/b4-2+. The SMILES string of the molecule is O=C(O)/C=C/C1=CC=C(O)C(O)(O)C1. The van der Waals surface area contributed by atoms with Gasteiger partial charge in [0.05, 0.1) is 0 Å². The third-order valence-corrected chi connectivity index (χ3v) is 1.76. The molecule has 0 aromatic carbocycles. The fraction of sp³-hybridized carbons (Fsp3) is 0.222. The molecule has 0 heterocycles. The third-order valence-electron chi connectivity index (χ3n) is 1.76. The van der Waals surface area contributed by atoms with E-state index < -0.39 is 17.5 Å². The van der Waals surface area contributed by atoms with E-state index in [0.29, 0.717) is 5.57 Å². The van der Waals surface area contributed by atoms with Gasteiger partial charge in [-0.2, -0.15) is 0 Å². The van der Waals surface area contributed by atoms with Crippen LogP contribution in [0.25, 0.3) is 0 Å². The number of allylic oxidation sites excluding steroid dienone is 3. The summed E-state index contributed by atoms with van der Waals surface area (Å²) in [5.41, 5.74) is 0.412. The molecule has 0 unspecified atom stereocenters. The Balaban J connectivity index is 2.81. The molecule has 0 aromatic rings. The summed E-state index contributed by atoms with van der Waals surface area (Å²) in [7, 11) is 0. The molecule has 0 fully saturated rings.